The highest BCUT2D eigenvalue weighted by Gasteiger charge is 2.38. The zero-order valence-electron chi connectivity index (χ0n) is 13.5. The molecule has 0 spiro atoms. The zero-order valence-corrected chi connectivity index (χ0v) is 14.3. The Hall–Kier alpha value is -2.89. The van der Waals surface area contributed by atoms with Gasteiger partial charge in [-0.3, -0.25) is 4.79 Å². The Balaban J connectivity index is 1.74. The second-order valence-corrected chi connectivity index (χ2v) is 5.95. The molecule has 3 aromatic rings. The first-order chi connectivity index (χ1) is 12.3. The molecule has 0 unspecified atom stereocenters. The van der Waals surface area contributed by atoms with Gasteiger partial charge in [-0.2, -0.15) is 17.7 Å². The molecule has 3 rings (SSSR count). The highest BCUT2D eigenvalue weighted by atomic mass is 32.1. The molecule has 0 saturated carbocycles. The van der Waals surface area contributed by atoms with E-state index in [2.05, 4.69) is 20.6 Å². The van der Waals surface area contributed by atoms with E-state index in [1.165, 1.54) is 14.2 Å². The monoisotopic (exact) mass is 387 g/mol. The van der Waals surface area contributed by atoms with Gasteiger partial charge >= 0.3 is 6.18 Å². The number of carbonyl (C=O) groups excluding carboxylic acids is 1. The zero-order chi connectivity index (χ0) is 18.9. The van der Waals surface area contributed by atoms with Gasteiger partial charge in [0, 0.05) is 6.54 Å². The maximum absolute atomic E-state index is 12.8. The number of amides is 1. The normalized spacial score (nSPS) is 11.6. The minimum atomic E-state index is -4.71. The van der Waals surface area contributed by atoms with Crippen molar-refractivity contribution in [3.8, 4) is 11.5 Å². The largest absolute Gasteiger partial charge is 0.493 e. The van der Waals surface area contributed by atoms with E-state index in [4.69, 9.17) is 9.47 Å². The molecular weight excluding hydrogens is 375 g/mol. The lowest BCUT2D eigenvalue weighted by atomic mass is 10.2. The summed E-state index contributed by atoms with van der Waals surface area (Å²) >= 11 is 0.713. The number of ether oxygens (including phenoxy) is 2. The second kappa shape index (κ2) is 6.78. The summed E-state index contributed by atoms with van der Waals surface area (Å²) in [5.41, 5.74) is 0.718. The Morgan fingerprint density at radius 1 is 1.23 bits per heavy atom. The molecular formula is C14H12F3N5O3S. The number of carbonyl (C=O) groups is 1. The molecule has 26 heavy (non-hydrogen) atoms. The molecule has 0 bridgehead atoms. The van der Waals surface area contributed by atoms with E-state index in [1.54, 1.807) is 18.2 Å². The number of halogens is 3. The van der Waals surface area contributed by atoms with Crippen molar-refractivity contribution < 1.29 is 27.4 Å². The Morgan fingerprint density at radius 2 is 1.96 bits per heavy atom. The van der Waals surface area contributed by atoms with Crippen molar-refractivity contribution in [2.75, 3.05) is 14.2 Å². The van der Waals surface area contributed by atoms with Gasteiger partial charge in [0.1, 0.15) is 0 Å². The fourth-order valence-corrected chi connectivity index (χ4v) is 2.89. The van der Waals surface area contributed by atoms with Crippen LogP contribution in [0.1, 0.15) is 21.2 Å². The average Bonchev–Trinajstić information content (AvgIpc) is 3.19. The van der Waals surface area contributed by atoms with Gasteiger partial charge in [-0.1, -0.05) is 17.4 Å². The van der Waals surface area contributed by atoms with Crippen LogP contribution in [0.2, 0.25) is 0 Å². The van der Waals surface area contributed by atoms with Crippen molar-refractivity contribution in [1.82, 2.24) is 25.1 Å². The van der Waals surface area contributed by atoms with Crippen molar-refractivity contribution in [3.63, 3.8) is 0 Å². The van der Waals surface area contributed by atoms with Gasteiger partial charge in [0.05, 0.1) is 14.2 Å². The number of benzene rings is 1. The van der Waals surface area contributed by atoms with Crippen molar-refractivity contribution in [1.29, 1.82) is 0 Å². The topological polar surface area (TPSA) is 90.6 Å². The third kappa shape index (κ3) is 3.40. The van der Waals surface area contributed by atoms with Crippen molar-refractivity contribution in [3.05, 3.63) is 34.6 Å². The first-order valence-electron chi connectivity index (χ1n) is 7.12. The predicted molar refractivity (Wildman–Crippen MR) is 84.4 cm³/mol. The molecule has 138 valence electrons. The summed E-state index contributed by atoms with van der Waals surface area (Å²) in [5.74, 6) is -0.866. The molecule has 2 aromatic heterocycles. The van der Waals surface area contributed by atoms with Crippen LogP contribution in [0.4, 0.5) is 13.2 Å². The number of fused-ring (bicyclic) bond motifs is 1. The van der Waals surface area contributed by atoms with E-state index in [9.17, 15) is 18.0 Å². The van der Waals surface area contributed by atoms with E-state index in [-0.39, 0.29) is 16.5 Å². The van der Waals surface area contributed by atoms with Crippen LogP contribution in [0.25, 0.3) is 4.96 Å². The number of methoxy groups -OCH3 is 2. The Labute approximate surface area is 148 Å². The number of rotatable bonds is 5. The molecule has 0 aliphatic rings. The van der Waals surface area contributed by atoms with Crippen LogP contribution >= 0.6 is 11.3 Å². The molecule has 1 amide bonds. The Kier molecular flexibility index (Phi) is 4.68. The van der Waals surface area contributed by atoms with E-state index >= 15 is 0 Å². The van der Waals surface area contributed by atoms with Crippen LogP contribution < -0.4 is 14.8 Å². The van der Waals surface area contributed by atoms with Crippen LogP contribution in [0, 0.1) is 0 Å². The molecule has 1 N–H and O–H groups in total. The third-order valence-electron chi connectivity index (χ3n) is 3.34. The quantitative estimate of drug-likeness (QED) is 0.722. The summed E-state index contributed by atoms with van der Waals surface area (Å²) in [7, 11) is 2.99. The molecule has 0 fully saturated rings. The van der Waals surface area contributed by atoms with E-state index in [0.29, 0.717) is 27.4 Å². The molecule has 0 radical (unpaired) electrons. The highest BCUT2D eigenvalue weighted by molar-refractivity contribution is 7.18. The van der Waals surface area contributed by atoms with Crippen LogP contribution in [-0.2, 0) is 12.7 Å². The maximum Gasteiger partial charge on any atom is 0.453 e. The van der Waals surface area contributed by atoms with Crippen LogP contribution in [-0.4, -0.2) is 39.9 Å². The number of hydrogen-bond donors (Lipinski definition) is 1. The summed E-state index contributed by atoms with van der Waals surface area (Å²) in [6.07, 6.45) is -4.71. The number of hydrogen-bond acceptors (Lipinski definition) is 7. The summed E-state index contributed by atoms with van der Waals surface area (Å²) in [4.78, 5) is 12.0. The minimum Gasteiger partial charge on any atom is -0.493 e. The number of nitrogens with zero attached hydrogens (tertiary/aromatic N) is 4. The fraction of sp³-hybridized carbons (Fsp3) is 0.286. The molecule has 0 aliphatic carbocycles. The van der Waals surface area contributed by atoms with Crippen molar-refractivity contribution in [2.45, 2.75) is 12.7 Å². The second-order valence-electron chi connectivity index (χ2n) is 4.99. The molecule has 1 aromatic carbocycles. The molecule has 8 nitrogen and oxygen atoms in total. The minimum absolute atomic E-state index is 0.117. The van der Waals surface area contributed by atoms with Crippen molar-refractivity contribution in [2.24, 2.45) is 0 Å². The van der Waals surface area contributed by atoms with E-state index in [1.807, 2.05) is 0 Å². The summed E-state index contributed by atoms with van der Waals surface area (Å²) in [6, 6.07) is 5.08. The number of alkyl halides is 3. The van der Waals surface area contributed by atoms with Gasteiger partial charge in [0.15, 0.2) is 11.5 Å². The average molecular weight is 387 g/mol. The third-order valence-corrected chi connectivity index (χ3v) is 4.24. The smallest absolute Gasteiger partial charge is 0.453 e. The predicted octanol–water partition coefficient (Wildman–Crippen LogP) is 2.15. The first kappa shape index (κ1) is 17.9. The van der Waals surface area contributed by atoms with Gasteiger partial charge in [-0.15, -0.1) is 15.3 Å². The van der Waals surface area contributed by atoms with Crippen LogP contribution in [0.3, 0.4) is 0 Å². The lowest BCUT2D eigenvalue weighted by Gasteiger charge is -2.09. The Bertz CT molecular complexity index is 953. The van der Waals surface area contributed by atoms with Crippen LogP contribution in [0.15, 0.2) is 18.2 Å². The van der Waals surface area contributed by atoms with Gasteiger partial charge in [0.2, 0.25) is 9.97 Å². The molecule has 12 heteroatoms. The van der Waals surface area contributed by atoms with Crippen molar-refractivity contribution >= 4 is 22.2 Å². The molecule has 2 heterocycles. The van der Waals surface area contributed by atoms with Gasteiger partial charge in [-0.25, -0.2) is 0 Å². The Morgan fingerprint density at radius 3 is 2.62 bits per heavy atom. The van der Waals surface area contributed by atoms with Gasteiger partial charge in [-0.05, 0) is 17.7 Å². The first-order valence-corrected chi connectivity index (χ1v) is 7.93. The standard InChI is InChI=1S/C14H12F3N5O3S/c1-24-8-4-3-7(5-9(8)25-2)6-18-10(23)11-21-22-12(14(15,16)17)19-20-13(22)26-11/h3-5H,6H2,1-2H3,(H,18,23). The molecule has 0 atom stereocenters. The lowest BCUT2D eigenvalue weighted by Crippen LogP contribution is -2.23. The number of aromatic nitrogens is 4. The summed E-state index contributed by atoms with van der Waals surface area (Å²) in [6.45, 7) is 0.130. The fourth-order valence-electron chi connectivity index (χ4n) is 2.13. The highest BCUT2D eigenvalue weighted by Crippen LogP contribution is 2.29. The SMILES string of the molecule is COc1ccc(CNC(=O)c2nn3c(C(F)(F)F)nnc3s2)cc1OC. The lowest BCUT2D eigenvalue weighted by molar-refractivity contribution is -0.146. The summed E-state index contributed by atoms with van der Waals surface area (Å²) < 4.78 is 49.1. The van der Waals surface area contributed by atoms with Gasteiger partial charge in [0.25, 0.3) is 11.7 Å². The van der Waals surface area contributed by atoms with Crippen LogP contribution in [0.5, 0.6) is 11.5 Å². The van der Waals surface area contributed by atoms with Gasteiger partial charge < -0.3 is 14.8 Å². The van der Waals surface area contributed by atoms with E-state index < -0.39 is 17.9 Å². The van der Waals surface area contributed by atoms with E-state index in [0.717, 1.165) is 5.56 Å². The summed E-state index contributed by atoms with van der Waals surface area (Å²) in [5, 5.41) is 12.5. The molecule has 0 aliphatic heterocycles. The number of nitrogens with one attached hydrogen (secondary N) is 1. The maximum atomic E-state index is 12.8. The molecule has 0 saturated heterocycles.